The number of carbonyl (C=O) groups is 1. The fourth-order valence-corrected chi connectivity index (χ4v) is 4.71. The second-order valence-electron chi connectivity index (χ2n) is 8.60. The summed E-state index contributed by atoms with van der Waals surface area (Å²) in [6.45, 7) is 0.497. The Balaban J connectivity index is 1.74. The van der Waals surface area contributed by atoms with E-state index >= 15 is 0 Å². The SMILES string of the molecule is O=C(O)c1cncc(C2=C(c3cc(C(F)(F)F)ccc3OCC3CCCCC3)CCC2)c1. The van der Waals surface area contributed by atoms with Crippen molar-refractivity contribution >= 4 is 17.1 Å². The standard InChI is InChI=1S/C25H26F3NO3/c26-25(27,28)19-9-10-23(32-15-16-5-2-1-3-6-16)22(12-19)21-8-4-7-20(21)17-11-18(24(30)31)14-29-13-17/h9-14,16H,1-8,15H2,(H,30,31). The zero-order valence-electron chi connectivity index (χ0n) is 17.8. The van der Waals surface area contributed by atoms with E-state index in [9.17, 15) is 23.1 Å². The van der Waals surface area contributed by atoms with Gasteiger partial charge >= 0.3 is 12.1 Å². The molecule has 4 nitrogen and oxygen atoms in total. The molecule has 2 aliphatic carbocycles. The third kappa shape index (κ3) is 4.97. The van der Waals surface area contributed by atoms with Crippen LogP contribution >= 0.6 is 0 Å². The summed E-state index contributed by atoms with van der Waals surface area (Å²) in [5, 5.41) is 9.30. The predicted molar refractivity (Wildman–Crippen MR) is 115 cm³/mol. The molecule has 0 bridgehead atoms. The highest BCUT2D eigenvalue weighted by molar-refractivity contribution is 5.96. The van der Waals surface area contributed by atoms with Crippen LogP contribution in [0.15, 0.2) is 36.7 Å². The molecular weight excluding hydrogens is 419 g/mol. The Labute approximate surface area is 185 Å². The first kappa shape index (κ1) is 22.4. The van der Waals surface area contributed by atoms with Crippen LogP contribution in [-0.4, -0.2) is 22.7 Å². The van der Waals surface area contributed by atoms with E-state index in [1.807, 2.05) is 0 Å². The van der Waals surface area contributed by atoms with E-state index < -0.39 is 17.7 Å². The molecule has 1 aromatic carbocycles. The number of carboxylic acid groups (broad SMARTS) is 1. The number of aromatic nitrogens is 1. The molecule has 0 spiro atoms. The van der Waals surface area contributed by atoms with Crippen LogP contribution in [0.3, 0.4) is 0 Å². The van der Waals surface area contributed by atoms with Crippen LogP contribution in [0, 0.1) is 5.92 Å². The van der Waals surface area contributed by atoms with Gasteiger partial charge in [0.25, 0.3) is 0 Å². The molecule has 1 saturated carbocycles. The van der Waals surface area contributed by atoms with Crippen molar-refractivity contribution in [3.8, 4) is 5.75 Å². The molecule has 7 heteroatoms. The van der Waals surface area contributed by atoms with Gasteiger partial charge in [0.05, 0.1) is 17.7 Å². The van der Waals surface area contributed by atoms with Crippen LogP contribution in [0.1, 0.15) is 78.4 Å². The van der Waals surface area contributed by atoms with Crippen molar-refractivity contribution < 1.29 is 27.8 Å². The highest BCUT2D eigenvalue weighted by Gasteiger charge is 2.32. The fourth-order valence-electron chi connectivity index (χ4n) is 4.71. The monoisotopic (exact) mass is 445 g/mol. The first-order chi connectivity index (χ1) is 15.3. The Hall–Kier alpha value is -2.83. The summed E-state index contributed by atoms with van der Waals surface area (Å²) < 4.78 is 46.6. The van der Waals surface area contributed by atoms with Crippen molar-refractivity contribution in [2.45, 2.75) is 57.5 Å². The van der Waals surface area contributed by atoms with Gasteiger partial charge in [-0.3, -0.25) is 4.98 Å². The maximum atomic E-state index is 13.5. The lowest BCUT2D eigenvalue weighted by Crippen LogP contribution is -2.16. The first-order valence-electron chi connectivity index (χ1n) is 11.1. The Morgan fingerprint density at radius 2 is 1.78 bits per heavy atom. The van der Waals surface area contributed by atoms with Crippen molar-refractivity contribution in [3.05, 3.63) is 58.9 Å². The molecule has 1 N–H and O–H groups in total. The number of alkyl halides is 3. The third-order valence-electron chi connectivity index (χ3n) is 6.38. The van der Waals surface area contributed by atoms with Crippen molar-refractivity contribution in [2.75, 3.05) is 6.61 Å². The smallest absolute Gasteiger partial charge is 0.416 e. The molecular formula is C25H26F3NO3. The second-order valence-corrected chi connectivity index (χ2v) is 8.60. The van der Waals surface area contributed by atoms with Crippen LogP contribution in [0.4, 0.5) is 13.2 Å². The summed E-state index contributed by atoms with van der Waals surface area (Å²) in [5.74, 6) is -0.206. The molecule has 32 heavy (non-hydrogen) atoms. The van der Waals surface area contributed by atoms with Gasteiger partial charge < -0.3 is 9.84 Å². The molecule has 1 aromatic heterocycles. The number of carboxylic acids is 1. The van der Waals surface area contributed by atoms with E-state index in [0.717, 1.165) is 49.3 Å². The van der Waals surface area contributed by atoms with Crippen LogP contribution in [0.25, 0.3) is 11.1 Å². The van der Waals surface area contributed by atoms with Crippen molar-refractivity contribution in [1.29, 1.82) is 0 Å². The van der Waals surface area contributed by atoms with Gasteiger partial charge in [0, 0.05) is 18.0 Å². The van der Waals surface area contributed by atoms with E-state index in [4.69, 9.17) is 4.74 Å². The molecule has 0 atom stereocenters. The average Bonchev–Trinajstić information content (AvgIpc) is 3.27. The summed E-state index contributed by atoms with van der Waals surface area (Å²) in [6, 6.07) is 5.20. The van der Waals surface area contributed by atoms with Gasteiger partial charge in [-0.2, -0.15) is 13.2 Å². The van der Waals surface area contributed by atoms with E-state index in [2.05, 4.69) is 4.98 Å². The summed E-state index contributed by atoms with van der Waals surface area (Å²) in [4.78, 5) is 15.4. The zero-order valence-corrected chi connectivity index (χ0v) is 17.8. The van der Waals surface area contributed by atoms with Gasteiger partial charge in [0.1, 0.15) is 5.75 Å². The molecule has 0 saturated heterocycles. The van der Waals surface area contributed by atoms with Gasteiger partial charge in [0.15, 0.2) is 0 Å². The van der Waals surface area contributed by atoms with Crippen molar-refractivity contribution in [3.63, 3.8) is 0 Å². The van der Waals surface area contributed by atoms with E-state index in [1.54, 1.807) is 6.20 Å². The highest BCUT2D eigenvalue weighted by atomic mass is 19.4. The first-order valence-corrected chi connectivity index (χ1v) is 11.1. The minimum absolute atomic E-state index is 0.0547. The number of nitrogens with zero attached hydrogens (tertiary/aromatic N) is 1. The largest absolute Gasteiger partial charge is 0.493 e. The predicted octanol–water partition coefficient (Wildman–Crippen LogP) is 6.85. The summed E-state index contributed by atoms with van der Waals surface area (Å²) in [7, 11) is 0. The lowest BCUT2D eigenvalue weighted by Gasteiger charge is -2.23. The lowest BCUT2D eigenvalue weighted by molar-refractivity contribution is -0.137. The number of pyridine rings is 1. The minimum atomic E-state index is -4.46. The summed E-state index contributed by atoms with van der Waals surface area (Å²) >= 11 is 0. The Morgan fingerprint density at radius 1 is 1.03 bits per heavy atom. The molecule has 1 fully saturated rings. The molecule has 0 aliphatic heterocycles. The van der Waals surface area contributed by atoms with Gasteiger partial charge in [-0.15, -0.1) is 0 Å². The number of halogens is 3. The molecule has 0 amide bonds. The maximum absolute atomic E-state index is 13.5. The molecule has 1 heterocycles. The summed E-state index contributed by atoms with van der Waals surface area (Å²) in [5.41, 5.74) is 2.03. The maximum Gasteiger partial charge on any atom is 0.416 e. The van der Waals surface area contributed by atoms with Gasteiger partial charge in [-0.1, -0.05) is 19.3 Å². The van der Waals surface area contributed by atoms with Crippen LogP contribution in [-0.2, 0) is 6.18 Å². The number of ether oxygens (including phenoxy) is 1. The molecule has 4 rings (SSSR count). The topological polar surface area (TPSA) is 59.4 Å². The fraction of sp³-hybridized carbons (Fsp3) is 0.440. The number of hydrogen-bond donors (Lipinski definition) is 1. The molecule has 2 aliphatic rings. The quantitative estimate of drug-likeness (QED) is 0.528. The van der Waals surface area contributed by atoms with Crippen LogP contribution < -0.4 is 4.74 Å². The number of hydrogen-bond acceptors (Lipinski definition) is 3. The second kappa shape index (κ2) is 9.35. The van der Waals surface area contributed by atoms with Gasteiger partial charge in [-0.25, -0.2) is 4.79 Å². The van der Waals surface area contributed by atoms with Gasteiger partial charge in [0.2, 0.25) is 0 Å². The molecule has 170 valence electrons. The Morgan fingerprint density at radius 3 is 2.50 bits per heavy atom. The van der Waals surface area contributed by atoms with Gasteiger partial charge in [-0.05, 0) is 79.0 Å². The van der Waals surface area contributed by atoms with E-state index in [1.165, 1.54) is 30.8 Å². The molecule has 2 aromatic rings. The highest BCUT2D eigenvalue weighted by Crippen LogP contribution is 2.44. The van der Waals surface area contributed by atoms with E-state index in [0.29, 0.717) is 42.2 Å². The number of aromatic carboxylic acids is 1. The van der Waals surface area contributed by atoms with E-state index in [-0.39, 0.29) is 5.56 Å². The lowest BCUT2D eigenvalue weighted by atomic mass is 9.90. The Bertz CT molecular complexity index is 1020. The average molecular weight is 445 g/mol. The Kier molecular flexibility index (Phi) is 6.53. The molecule has 0 unspecified atom stereocenters. The number of rotatable bonds is 6. The normalized spacial score (nSPS) is 17.6. The third-order valence-corrected chi connectivity index (χ3v) is 6.38. The number of allylic oxidation sites excluding steroid dienone is 2. The van der Waals surface area contributed by atoms with Crippen molar-refractivity contribution in [2.24, 2.45) is 5.92 Å². The number of benzene rings is 1. The van der Waals surface area contributed by atoms with Crippen LogP contribution in [0.5, 0.6) is 5.75 Å². The zero-order chi connectivity index (χ0) is 22.7. The van der Waals surface area contributed by atoms with Crippen LogP contribution in [0.2, 0.25) is 0 Å². The molecule has 0 radical (unpaired) electrons. The summed E-state index contributed by atoms with van der Waals surface area (Å²) in [6.07, 6.45) is 6.13. The van der Waals surface area contributed by atoms with Crippen molar-refractivity contribution in [1.82, 2.24) is 4.98 Å². The minimum Gasteiger partial charge on any atom is -0.493 e.